The van der Waals surface area contributed by atoms with Gasteiger partial charge in [0, 0.05) is 6.92 Å². The number of carboxylic acid groups (broad SMARTS) is 1. The second-order valence-electron chi connectivity index (χ2n) is 2.03. The summed E-state index contributed by atoms with van der Waals surface area (Å²) >= 11 is 0. The lowest BCUT2D eigenvalue weighted by Gasteiger charge is -2.02. The Morgan fingerprint density at radius 2 is 2.36 bits per heavy atom. The second-order valence-corrected chi connectivity index (χ2v) is 2.03. The van der Waals surface area contributed by atoms with Crippen LogP contribution in [-0.2, 0) is 0 Å². The molecule has 1 rings (SSSR count). The number of carbonyl (C=O) groups is 1. The lowest BCUT2D eigenvalue weighted by Crippen LogP contribution is -2.34. The van der Waals surface area contributed by atoms with Gasteiger partial charge in [0.15, 0.2) is 5.69 Å². The maximum atomic E-state index is 10.7. The molecule has 0 aliphatic heterocycles. The van der Waals surface area contributed by atoms with Crippen molar-refractivity contribution in [2.24, 2.45) is 0 Å². The summed E-state index contributed by atoms with van der Waals surface area (Å²) < 4.78 is 0.429. The van der Waals surface area contributed by atoms with Crippen LogP contribution in [0.1, 0.15) is 16.2 Å². The van der Waals surface area contributed by atoms with E-state index >= 15 is 0 Å². The van der Waals surface area contributed by atoms with Crippen molar-refractivity contribution in [2.75, 3.05) is 0 Å². The number of aryl methyl sites for hydroxylation is 1. The number of carbonyl (C=O) groups excluding carboxylic acids is 1. The maximum Gasteiger partial charge on any atom is 0.208 e. The van der Waals surface area contributed by atoms with E-state index < -0.39 is 5.97 Å². The molecule has 0 amide bonds. The van der Waals surface area contributed by atoms with Gasteiger partial charge in [0.25, 0.3) is 0 Å². The normalized spacial score (nSPS) is 9.55. The van der Waals surface area contributed by atoms with Crippen LogP contribution in [0.15, 0.2) is 12.4 Å². The van der Waals surface area contributed by atoms with Gasteiger partial charge in [0.2, 0.25) is 11.9 Å². The molecule has 0 aliphatic carbocycles. The number of rotatable bonds is 1. The minimum atomic E-state index is -1.45. The Morgan fingerprint density at radius 3 is 2.82 bits per heavy atom. The lowest BCUT2D eigenvalue weighted by atomic mass is 10.4. The van der Waals surface area contributed by atoms with E-state index in [1.807, 2.05) is 0 Å². The molecule has 0 N–H and O–H groups in total. The molecule has 0 bridgehead atoms. The third kappa shape index (κ3) is 1.43. The van der Waals surface area contributed by atoms with Crippen LogP contribution >= 0.6 is 0 Å². The average molecular weight is 153 g/mol. The van der Waals surface area contributed by atoms with Crippen LogP contribution in [0.25, 0.3) is 0 Å². The molecule has 0 atom stereocenters. The highest BCUT2D eigenvalue weighted by atomic mass is 16.5. The molecule has 0 saturated carbocycles. The van der Waals surface area contributed by atoms with Gasteiger partial charge in [-0.3, -0.25) is 0 Å². The number of carboxylic acids is 1. The van der Waals surface area contributed by atoms with Gasteiger partial charge >= 0.3 is 0 Å². The van der Waals surface area contributed by atoms with Crippen molar-refractivity contribution < 1.29 is 14.6 Å². The van der Waals surface area contributed by atoms with E-state index in [4.69, 9.17) is 0 Å². The molecule has 0 radical (unpaired) electrons. The third-order valence-electron chi connectivity index (χ3n) is 1.19. The molecule has 0 fully saturated rings. The first-order valence-electron chi connectivity index (χ1n) is 2.88. The summed E-state index contributed by atoms with van der Waals surface area (Å²) in [4.78, 5) is 13.6. The summed E-state index contributed by atoms with van der Waals surface area (Å²) in [5, 5.41) is 20.9. The van der Waals surface area contributed by atoms with Crippen LogP contribution in [0, 0.1) is 12.1 Å². The predicted molar refractivity (Wildman–Crippen MR) is 32.3 cm³/mol. The van der Waals surface area contributed by atoms with Gasteiger partial charge in [-0.05, 0) is 0 Å². The van der Waals surface area contributed by atoms with Crippen molar-refractivity contribution >= 4 is 5.97 Å². The van der Waals surface area contributed by atoms with Crippen molar-refractivity contribution in [1.82, 2.24) is 4.98 Å². The van der Waals surface area contributed by atoms with E-state index in [0.717, 1.165) is 6.20 Å². The molecule has 0 aromatic carbocycles. The molecule has 0 aliphatic rings. The minimum absolute atomic E-state index is 0.343. The standard InChI is InChI=1S/C6H6N2O3/c1-4-2-7-5(6(9)10)3-8(4)11/h2-3H,1H3,(H,9,10)/p-1. The Kier molecular flexibility index (Phi) is 1.72. The van der Waals surface area contributed by atoms with Crippen molar-refractivity contribution in [1.29, 1.82) is 0 Å². The van der Waals surface area contributed by atoms with Gasteiger partial charge in [-0.15, -0.1) is 0 Å². The predicted octanol–water partition coefficient (Wildman–Crippen LogP) is -1.61. The SMILES string of the molecule is Cc1cnc(C(=O)[O-])c[n+]1[O-]. The van der Waals surface area contributed by atoms with Gasteiger partial charge in [-0.1, -0.05) is 0 Å². The molecule has 0 spiro atoms. The summed E-state index contributed by atoms with van der Waals surface area (Å²) in [6.45, 7) is 1.53. The van der Waals surface area contributed by atoms with Gasteiger partial charge in [0.05, 0.1) is 12.2 Å². The van der Waals surface area contributed by atoms with Gasteiger partial charge in [0.1, 0.15) is 0 Å². The first kappa shape index (κ1) is 7.46. The molecule has 5 nitrogen and oxygen atoms in total. The van der Waals surface area contributed by atoms with Crippen molar-refractivity contribution in [3.05, 3.63) is 29.0 Å². The number of hydrogen-bond donors (Lipinski definition) is 0. The highest BCUT2D eigenvalue weighted by Gasteiger charge is 2.02. The smallest absolute Gasteiger partial charge is 0.208 e. The Labute approximate surface area is 62.5 Å². The van der Waals surface area contributed by atoms with E-state index in [1.165, 1.54) is 13.1 Å². The largest absolute Gasteiger partial charge is 0.618 e. The Morgan fingerprint density at radius 1 is 1.73 bits per heavy atom. The maximum absolute atomic E-state index is 10.7. The van der Waals surface area contributed by atoms with E-state index in [-0.39, 0.29) is 5.69 Å². The van der Waals surface area contributed by atoms with Gasteiger partial charge in [-0.25, -0.2) is 4.98 Å². The van der Waals surface area contributed by atoms with Crippen LogP contribution in [0.4, 0.5) is 0 Å². The number of nitrogens with zero attached hydrogens (tertiary/aromatic N) is 2. The fourth-order valence-electron chi connectivity index (χ4n) is 0.571. The van der Waals surface area contributed by atoms with E-state index in [0.29, 0.717) is 10.4 Å². The zero-order valence-corrected chi connectivity index (χ0v) is 5.77. The summed E-state index contributed by atoms with van der Waals surface area (Å²) in [7, 11) is 0. The van der Waals surface area contributed by atoms with Crippen molar-refractivity contribution in [3.8, 4) is 0 Å². The molecule has 11 heavy (non-hydrogen) atoms. The molecule has 58 valence electrons. The van der Waals surface area contributed by atoms with Crippen LogP contribution in [-0.4, -0.2) is 11.0 Å². The van der Waals surface area contributed by atoms with Crippen LogP contribution in [0.2, 0.25) is 0 Å². The summed E-state index contributed by atoms with van der Waals surface area (Å²) in [5.74, 6) is -1.45. The highest BCUT2D eigenvalue weighted by Crippen LogP contribution is 1.88. The Balaban J connectivity index is 3.15. The zero-order chi connectivity index (χ0) is 8.43. The Hall–Kier alpha value is -1.65. The second kappa shape index (κ2) is 2.53. The van der Waals surface area contributed by atoms with Crippen molar-refractivity contribution in [2.45, 2.75) is 6.92 Å². The van der Waals surface area contributed by atoms with Crippen LogP contribution in [0.3, 0.4) is 0 Å². The summed E-state index contributed by atoms with van der Waals surface area (Å²) in [6, 6.07) is 0. The fourth-order valence-corrected chi connectivity index (χ4v) is 0.571. The Bertz CT molecular complexity index is 298. The van der Waals surface area contributed by atoms with Gasteiger partial charge in [-0.2, -0.15) is 4.73 Å². The van der Waals surface area contributed by atoms with Crippen molar-refractivity contribution in [3.63, 3.8) is 0 Å². The number of aromatic nitrogens is 2. The first-order chi connectivity index (χ1) is 5.11. The molecular formula is C6H5N2O3-. The van der Waals surface area contributed by atoms with Gasteiger partial charge < -0.3 is 15.1 Å². The number of hydrogen-bond acceptors (Lipinski definition) is 4. The number of aromatic carboxylic acids is 1. The van der Waals surface area contributed by atoms with E-state index in [1.54, 1.807) is 0 Å². The van der Waals surface area contributed by atoms with E-state index in [9.17, 15) is 15.1 Å². The molecule has 5 heteroatoms. The molecule has 0 saturated heterocycles. The summed E-state index contributed by atoms with van der Waals surface area (Å²) in [6.07, 6.45) is 2.04. The third-order valence-corrected chi connectivity index (χ3v) is 1.19. The lowest BCUT2D eigenvalue weighted by molar-refractivity contribution is -0.613. The topological polar surface area (TPSA) is 80.0 Å². The average Bonchev–Trinajstić information content (AvgIpc) is 1.94. The molecule has 1 aromatic heterocycles. The fraction of sp³-hybridized carbons (Fsp3) is 0.167. The minimum Gasteiger partial charge on any atom is -0.618 e. The highest BCUT2D eigenvalue weighted by molar-refractivity contribution is 5.82. The molecule has 1 aromatic rings. The monoisotopic (exact) mass is 153 g/mol. The molecule has 1 heterocycles. The summed E-state index contributed by atoms with van der Waals surface area (Å²) in [5.41, 5.74) is -0.0133. The quantitative estimate of drug-likeness (QED) is 0.359. The van der Waals surface area contributed by atoms with Crippen LogP contribution in [0.5, 0.6) is 0 Å². The van der Waals surface area contributed by atoms with Crippen LogP contribution < -0.4 is 9.84 Å². The zero-order valence-electron chi connectivity index (χ0n) is 5.77. The van der Waals surface area contributed by atoms with E-state index in [2.05, 4.69) is 4.98 Å². The first-order valence-corrected chi connectivity index (χ1v) is 2.88. The molecule has 0 unspecified atom stereocenters. The molecular weight excluding hydrogens is 148 g/mol.